The molecule has 1 aliphatic heterocycles. The molecule has 102 valence electrons. The van der Waals surface area contributed by atoms with Crippen molar-refractivity contribution >= 4 is 17.9 Å². The summed E-state index contributed by atoms with van der Waals surface area (Å²) in [5, 5.41) is 20.4. The Balaban J connectivity index is 2.54. The van der Waals surface area contributed by atoms with E-state index in [1.807, 2.05) is 0 Å². The summed E-state index contributed by atoms with van der Waals surface area (Å²) < 4.78 is 0. The molecule has 1 heterocycles. The molecule has 2 atom stereocenters. The van der Waals surface area contributed by atoms with Crippen LogP contribution in [0.2, 0.25) is 0 Å². The van der Waals surface area contributed by atoms with Crippen LogP contribution in [-0.2, 0) is 9.59 Å². The number of hydrogen-bond donors (Lipinski definition) is 4. The number of likely N-dealkylation sites (tertiary alicyclic amines) is 1. The normalized spacial score (nSPS) is 21.2. The number of piperidine rings is 1. The summed E-state index contributed by atoms with van der Waals surface area (Å²) in [5.74, 6) is -2.12. The third-order valence-electron chi connectivity index (χ3n) is 2.68. The van der Waals surface area contributed by atoms with Crippen molar-refractivity contribution in [3.05, 3.63) is 0 Å². The van der Waals surface area contributed by atoms with E-state index in [9.17, 15) is 19.5 Å². The Labute approximate surface area is 104 Å². The van der Waals surface area contributed by atoms with Crippen molar-refractivity contribution in [3.63, 3.8) is 0 Å². The molecule has 0 bridgehead atoms. The zero-order valence-corrected chi connectivity index (χ0v) is 9.83. The lowest BCUT2D eigenvalue weighted by molar-refractivity contribution is -0.141. The molecule has 1 rings (SSSR count). The summed E-state index contributed by atoms with van der Waals surface area (Å²) in [5.41, 5.74) is 4.90. The number of carboxylic acid groups (broad SMARTS) is 1. The molecule has 8 heteroatoms. The predicted molar refractivity (Wildman–Crippen MR) is 60.6 cm³/mol. The highest BCUT2D eigenvalue weighted by Gasteiger charge is 2.27. The number of β-amino-alcohol motifs (C(OH)–C–C–N with tert-alkyl or cyclic N) is 1. The van der Waals surface area contributed by atoms with E-state index in [4.69, 9.17) is 10.8 Å². The number of carbonyl (C=O) groups is 3. The number of aliphatic hydroxyl groups is 1. The smallest absolute Gasteiger partial charge is 0.326 e. The highest BCUT2D eigenvalue weighted by atomic mass is 16.4. The monoisotopic (exact) mass is 259 g/mol. The molecule has 1 fully saturated rings. The van der Waals surface area contributed by atoms with Crippen molar-refractivity contribution in [3.8, 4) is 0 Å². The van der Waals surface area contributed by atoms with E-state index in [2.05, 4.69) is 5.32 Å². The topological polar surface area (TPSA) is 133 Å². The molecular weight excluding hydrogens is 242 g/mol. The van der Waals surface area contributed by atoms with Gasteiger partial charge in [-0.25, -0.2) is 9.59 Å². The van der Waals surface area contributed by atoms with Crippen molar-refractivity contribution in [2.24, 2.45) is 5.73 Å². The lowest BCUT2D eigenvalue weighted by Crippen LogP contribution is -2.52. The minimum Gasteiger partial charge on any atom is -0.480 e. The van der Waals surface area contributed by atoms with Crippen LogP contribution in [0.1, 0.15) is 19.3 Å². The SMILES string of the molecule is NC(=O)C[C@H](NC(=O)N1CCCC(O)C1)C(=O)O. The maximum absolute atomic E-state index is 11.7. The minimum atomic E-state index is -1.34. The standard InChI is InChI=1S/C10H17N3O5/c11-8(15)4-7(9(16)17)12-10(18)13-3-1-2-6(14)5-13/h6-7,14H,1-5H2,(H2,11,15)(H,12,18)(H,16,17)/t6?,7-/m0/s1. The fourth-order valence-corrected chi connectivity index (χ4v) is 1.78. The van der Waals surface area contributed by atoms with E-state index in [0.717, 1.165) is 0 Å². The molecule has 1 unspecified atom stereocenters. The molecule has 18 heavy (non-hydrogen) atoms. The molecule has 1 saturated heterocycles. The van der Waals surface area contributed by atoms with Gasteiger partial charge in [0, 0.05) is 13.1 Å². The van der Waals surface area contributed by atoms with Crippen LogP contribution in [0.25, 0.3) is 0 Å². The number of aliphatic hydroxyl groups excluding tert-OH is 1. The number of aliphatic carboxylic acids is 1. The minimum absolute atomic E-state index is 0.161. The molecule has 0 spiro atoms. The van der Waals surface area contributed by atoms with Gasteiger partial charge in [-0.2, -0.15) is 0 Å². The van der Waals surface area contributed by atoms with Crippen LogP contribution < -0.4 is 11.1 Å². The Morgan fingerprint density at radius 1 is 1.44 bits per heavy atom. The first-order valence-corrected chi connectivity index (χ1v) is 5.64. The van der Waals surface area contributed by atoms with Gasteiger partial charge < -0.3 is 26.2 Å². The van der Waals surface area contributed by atoms with E-state index in [0.29, 0.717) is 19.4 Å². The van der Waals surface area contributed by atoms with Crippen molar-refractivity contribution in [2.45, 2.75) is 31.4 Å². The Kier molecular flexibility index (Phi) is 4.90. The summed E-state index contributed by atoms with van der Waals surface area (Å²) in [7, 11) is 0. The zero-order valence-electron chi connectivity index (χ0n) is 9.83. The maximum Gasteiger partial charge on any atom is 0.326 e. The molecule has 0 aromatic carbocycles. The van der Waals surface area contributed by atoms with Crippen LogP contribution in [0.15, 0.2) is 0 Å². The summed E-state index contributed by atoms with van der Waals surface area (Å²) >= 11 is 0. The molecule has 3 amide bonds. The Bertz CT molecular complexity index is 346. The van der Waals surface area contributed by atoms with Crippen LogP contribution in [0.3, 0.4) is 0 Å². The first-order valence-electron chi connectivity index (χ1n) is 5.64. The highest BCUT2D eigenvalue weighted by Crippen LogP contribution is 2.10. The van der Waals surface area contributed by atoms with Crippen LogP contribution in [-0.4, -0.2) is 58.3 Å². The van der Waals surface area contributed by atoms with Crippen molar-refractivity contribution in [2.75, 3.05) is 13.1 Å². The van der Waals surface area contributed by atoms with E-state index < -0.39 is 36.5 Å². The number of nitrogens with one attached hydrogen (secondary N) is 1. The molecule has 0 aromatic heterocycles. The highest BCUT2D eigenvalue weighted by molar-refractivity contribution is 5.87. The molecule has 0 radical (unpaired) electrons. The Hall–Kier alpha value is -1.83. The van der Waals surface area contributed by atoms with Crippen molar-refractivity contribution in [1.82, 2.24) is 10.2 Å². The van der Waals surface area contributed by atoms with Gasteiger partial charge in [-0.1, -0.05) is 0 Å². The number of primary amides is 1. The van der Waals surface area contributed by atoms with Crippen molar-refractivity contribution in [1.29, 1.82) is 0 Å². The van der Waals surface area contributed by atoms with Gasteiger partial charge in [0.05, 0.1) is 12.5 Å². The summed E-state index contributed by atoms with van der Waals surface area (Å²) in [6.07, 6.45) is 0.219. The Morgan fingerprint density at radius 2 is 2.11 bits per heavy atom. The quantitative estimate of drug-likeness (QED) is 0.486. The largest absolute Gasteiger partial charge is 0.480 e. The zero-order chi connectivity index (χ0) is 13.7. The summed E-state index contributed by atoms with van der Waals surface area (Å²) in [6.45, 7) is 0.612. The number of rotatable bonds is 4. The fourth-order valence-electron chi connectivity index (χ4n) is 1.78. The molecule has 0 aliphatic carbocycles. The van der Waals surface area contributed by atoms with Crippen LogP contribution in [0.4, 0.5) is 4.79 Å². The third kappa shape index (κ3) is 4.21. The van der Waals surface area contributed by atoms with Crippen LogP contribution in [0.5, 0.6) is 0 Å². The van der Waals surface area contributed by atoms with Crippen LogP contribution in [0, 0.1) is 0 Å². The second-order valence-electron chi connectivity index (χ2n) is 4.25. The average molecular weight is 259 g/mol. The lowest BCUT2D eigenvalue weighted by atomic mass is 10.1. The first-order chi connectivity index (χ1) is 8.40. The van der Waals surface area contributed by atoms with Gasteiger partial charge in [-0.05, 0) is 12.8 Å². The fraction of sp³-hybridized carbons (Fsp3) is 0.700. The first kappa shape index (κ1) is 14.2. The number of nitrogens with zero attached hydrogens (tertiary/aromatic N) is 1. The molecule has 8 nitrogen and oxygen atoms in total. The van der Waals surface area contributed by atoms with E-state index >= 15 is 0 Å². The van der Waals surface area contributed by atoms with Crippen LogP contribution >= 0.6 is 0 Å². The molecule has 0 saturated carbocycles. The van der Waals surface area contributed by atoms with E-state index in [1.165, 1.54) is 4.90 Å². The van der Waals surface area contributed by atoms with E-state index in [-0.39, 0.29) is 6.54 Å². The Morgan fingerprint density at radius 3 is 2.61 bits per heavy atom. The second kappa shape index (κ2) is 6.20. The number of carbonyl (C=O) groups excluding carboxylic acids is 2. The second-order valence-corrected chi connectivity index (χ2v) is 4.25. The molecule has 0 aromatic rings. The van der Waals surface area contributed by atoms with Gasteiger partial charge in [0.1, 0.15) is 6.04 Å². The van der Waals surface area contributed by atoms with Crippen molar-refractivity contribution < 1.29 is 24.6 Å². The number of nitrogens with two attached hydrogens (primary N) is 1. The predicted octanol–water partition coefficient (Wildman–Crippen LogP) is -1.52. The summed E-state index contributed by atoms with van der Waals surface area (Å²) in [4.78, 5) is 34.6. The van der Waals surface area contributed by atoms with Gasteiger partial charge in [-0.3, -0.25) is 4.79 Å². The van der Waals surface area contributed by atoms with Gasteiger partial charge in [0.15, 0.2) is 0 Å². The number of hydrogen-bond acceptors (Lipinski definition) is 4. The van der Waals surface area contributed by atoms with Gasteiger partial charge in [-0.15, -0.1) is 0 Å². The van der Waals surface area contributed by atoms with Gasteiger partial charge in [0.2, 0.25) is 5.91 Å². The van der Waals surface area contributed by atoms with E-state index in [1.54, 1.807) is 0 Å². The molecular formula is C10H17N3O5. The number of carboxylic acids is 1. The van der Waals surface area contributed by atoms with Gasteiger partial charge >= 0.3 is 12.0 Å². The molecule has 5 N–H and O–H groups in total. The lowest BCUT2D eigenvalue weighted by Gasteiger charge is -2.31. The maximum atomic E-state index is 11.7. The number of amides is 3. The van der Waals surface area contributed by atoms with Gasteiger partial charge in [0.25, 0.3) is 0 Å². The third-order valence-corrected chi connectivity index (χ3v) is 2.68. The average Bonchev–Trinajstić information content (AvgIpc) is 2.27. The summed E-state index contributed by atoms with van der Waals surface area (Å²) in [6, 6.07) is -1.95. The molecule has 1 aliphatic rings. The number of urea groups is 1.